The van der Waals surface area contributed by atoms with Crippen LogP contribution in [0.3, 0.4) is 0 Å². The molecule has 0 saturated carbocycles. The van der Waals surface area contributed by atoms with Crippen molar-refractivity contribution in [3.63, 3.8) is 0 Å². The van der Waals surface area contributed by atoms with Crippen molar-refractivity contribution in [2.75, 3.05) is 0 Å². The average Bonchev–Trinajstić information content (AvgIpc) is 4.00. The van der Waals surface area contributed by atoms with Gasteiger partial charge in [-0.1, -0.05) is 109 Å². The van der Waals surface area contributed by atoms with Crippen LogP contribution >= 0.6 is 0 Å². The first kappa shape index (κ1) is 17.7. The Morgan fingerprint density at radius 2 is 0.902 bits per heavy atom. The number of hydrogen-bond donors (Lipinski definition) is 0. The Hall–Kier alpha value is -6.84. The summed E-state index contributed by atoms with van der Waals surface area (Å²) in [6, 6.07) is 21.6. The van der Waals surface area contributed by atoms with E-state index >= 15 is 0 Å². The van der Waals surface area contributed by atoms with Crippen molar-refractivity contribution in [1.29, 1.82) is 0 Å². The van der Waals surface area contributed by atoms with Crippen LogP contribution in [0.2, 0.25) is 0 Å². The summed E-state index contributed by atoms with van der Waals surface area (Å²) in [5.74, 6) is 0. The van der Waals surface area contributed by atoms with E-state index in [1.807, 2.05) is 66.7 Å². The molecule has 3 heterocycles. The lowest BCUT2D eigenvalue weighted by Crippen LogP contribution is -1.94. The average molecular weight is 665 g/mol. The van der Waals surface area contributed by atoms with E-state index < -0.39 is 95.7 Å². The minimum Gasteiger partial charge on any atom is -0.456 e. The minimum absolute atomic E-state index is 0.0497. The SMILES string of the molecule is [2H]c1c([2H])c([2H])c2c(c1[2H])c1c([2H])c(-c3c([2H])c([2H])c4c(c3[2H])c3c([2H])c([2H])c([2H])c([2H])c3n4-c3ccc4c(c3)oc3ccccc34)c([2H])c([2H])c1n2-c1ccc(-c2ccccc2)cc1. The Balaban J connectivity index is 1.25. The topological polar surface area (TPSA) is 23.0 Å². The van der Waals surface area contributed by atoms with E-state index in [0.29, 0.717) is 22.5 Å². The zero-order chi connectivity index (χ0) is 45.7. The number of benzene rings is 8. The quantitative estimate of drug-likeness (QED) is 0.184. The first-order valence-corrected chi connectivity index (χ1v) is 16.3. The van der Waals surface area contributed by atoms with Gasteiger partial charge in [-0.2, -0.15) is 0 Å². The van der Waals surface area contributed by atoms with Crippen LogP contribution in [0.4, 0.5) is 0 Å². The van der Waals surface area contributed by atoms with E-state index in [1.165, 1.54) is 9.13 Å². The number of fused-ring (bicyclic) bond motifs is 9. The van der Waals surface area contributed by atoms with Crippen LogP contribution in [0.1, 0.15) is 19.2 Å². The summed E-state index contributed by atoms with van der Waals surface area (Å²) in [7, 11) is 0. The number of furan rings is 1. The monoisotopic (exact) mass is 664 g/mol. The van der Waals surface area contributed by atoms with E-state index in [9.17, 15) is 8.22 Å². The molecule has 8 aromatic carbocycles. The molecule has 3 aromatic heterocycles. The van der Waals surface area contributed by atoms with Gasteiger partial charge in [0.1, 0.15) is 11.2 Å². The molecular formula is C48H30N2O. The van der Waals surface area contributed by atoms with Crippen LogP contribution in [0.15, 0.2) is 186 Å². The van der Waals surface area contributed by atoms with Crippen molar-refractivity contribution in [2.24, 2.45) is 0 Å². The van der Waals surface area contributed by atoms with Gasteiger partial charge in [0.2, 0.25) is 0 Å². The Morgan fingerprint density at radius 3 is 1.59 bits per heavy atom. The third kappa shape index (κ3) is 4.25. The van der Waals surface area contributed by atoms with Gasteiger partial charge in [-0.3, -0.25) is 0 Å². The van der Waals surface area contributed by atoms with Crippen LogP contribution in [-0.4, -0.2) is 9.13 Å². The maximum Gasteiger partial charge on any atom is 0.137 e. The predicted octanol–water partition coefficient (Wildman–Crippen LogP) is 13.1. The van der Waals surface area contributed by atoms with E-state index in [0.717, 1.165) is 21.9 Å². The van der Waals surface area contributed by atoms with Gasteiger partial charge in [-0.15, -0.1) is 0 Å². The molecule has 3 nitrogen and oxygen atoms in total. The molecule has 0 aliphatic heterocycles. The van der Waals surface area contributed by atoms with Crippen molar-refractivity contribution >= 4 is 65.6 Å². The summed E-state index contributed by atoms with van der Waals surface area (Å²) in [6.45, 7) is 0. The molecule has 0 unspecified atom stereocenters. The van der Waals surface area contributed by atoms with Crippen molar-refractivity contribution in [3.8, 4) is 33.6 Å². The summed E-state index contributed by atoms with van der Waals surface area (Å²) in [5, 5.41) is 1.07. The lowest BCUT2D eigenvalue weighted by molar-refractivity contribution is 0.668. The molecule has 0 atom stereocenters. The van der Waals surface area contributed by atoms with Gasteiger partial charge < -0.3 is 13.6 Å². The van der Waals surface area contributed by atoms with Gasteiger partial charge in [-0.05, 0) is 88.8 Å². The number of nitrogens with zero attached hydrogens (tertiary/aromatic N) is 2. The zero-order valence-electron chi connectivity index (χ0n) is 40.5. The van der Waals surface area contributed by atoms with Gasteiger partial charge >= 0.3 is 0 Å². The molecule has 0 spiro atoms. The van der Waals surface area contributed by atoms with Crippen LogP contribution in [0.25, 0.3) is 99.2 Å². The smallest absolute Gasteiger partial charge is 0.137 e. The first-order chi connectivity index (χ1) is 31.1. The normalized spacial score (nSPS) is 15.8. The van der Waals surface area contributed by atoms with Crippen molar-refractivity contribution in [3.05, 3.63) is 182 Å². The van der Waals surface area contributed by atoms with Crippen LogP contribution in [-0.2, 0) is 0 Å². The number of hydrogen-bond acceptors (Lipinski definition) is 1. The fraction of sp³-hybridized carbons (Fsp3) is 0. The van der Waals surface area contributed by atoms with Crippen LogP contribution in [0.5, 0.6) is 0 Å². The fourth-order valence-corrected chi connectivity index (χ4v) is 7.08. The Kier molecular flexibility index (Phi) is 3.76. The molecule has 3 heteroatoms. The summed E-state index contributed by atoms with van der Waals surface area (Å²) in [5.41, 5.74) is 2.37. The molecular weight excluding hydrogens is 621 g/mol. The Bertz CT molecular complexity index is 3930. The molecule has 238 valence electrons. The number of rotatable bonds is 4. The molecule has 0 fully saturated rings. The molecule has 0 N–H and O–H groups in total. The summed E-state index contributed by atoms with van der Waals surface area (Å²) < 4.78 is 138. The molecule has 0 aliphatic rings. The second kappa shape index (κ2) is 10.8. The lowest BCUT2D eigenvalue weighted by Gasteiger charge is -2.10. The molecule has 0 bridgehead atoms. The molecule has 11 rings (SSSR count). The van der Waals surface area contributed by atoms with Crippen molar-refractivity contribution < 1.29 is 23.6 Å². The van der Waals surface area contributed by atoms with Gasteiger partial charge in [0.25, 0.3) is 0 Å². The predicted molar refractivity (Wildman–Crippen MR) is 213 cm³/mol. The van der Waals surface area contributed by atoms with E-state index in [4.69, 9.17) is 15.4 Å². The van der Waals surface area contributed by atoms with Crippen LogP contribution in [0, 0.1) is 0 Å². The van der Waals surface area contributed by atoms with E-state index in [2.05, 4.69) is 0 Å². The maximum atomic E-state index is 9.83. The second-order valence-electron chi connectivity index (χ2n) is 12.3. The highest BCUT2D eigenvalue weighted by molar-refractivity contribution is 6.13. The molecule has 0 saturated heterocycles. The Labute approximate surface area is 313 Å². The van der Waals surface area contributed by atoms with E-state index in [-0.39, 0.29) is 43.6 Å². The standard InChI is InChI=1S/C48H30N2O/c1-2-10-31(11-3-1)32-18-22-35(23-19-32)49-43-15-7-4-12-37(43)41-28-33(20-26-45(41)49)34-21-27-46-42(29-34)38-13-5-8-16-44(38)50(46)36-24-25-40-39-14-6-9-17-47(39)51-48(40)30-36/h1-30H/i4D,5D,7D,8D,12D,13D,15D,16D,20D,21D,26D,27D,28D,29D. The van der Waals surface area contributed by atoms with Crippen molar-refractivity contribution in [1.82, 2.24) is 9.13 Å². The van der Waals surface area contributed by atoms with Gasteiger partial charge in [0, 0.05) is 49.8 Å². The van der Waals surface area contributed by atoms with Crippen LogP contribution < -0.4 is 0 Å². The number of para-hydroxylation sites is 3. The summed E-state index contributed by atoms with van der Waals surface area (Å²) in [4.78, 5) is 0. The first-order valence-electron chi connectivity index (χ1n) is 23.3. The minimum atomic E-state index is -0.630. The maximum absolute atomic E-state index is 9.83. The molecule has 11 aromatic rings. The second-order valence-corrected chi connectivity index (χ2v) is 12.3. The summed E-state index contributed by atoms with van der Waals surface area (Å²) in [6.07, 6.45) is 0. The third-order valence-corrected chi connectivity index (χ3v) is 9.42. The lowest BCUT2D eigenvalue weighted by atomic mass is 10.0. The fourth-order valence-electron chi connectivity index (χ4n) is 7.08. The van der Waals surface area contributed by atoms with E-state index in [1.54, 1.807) is 30.3 Å². The van der Waals surface area contributed by atoms with Gasteiger partial charge in [0.15, 0.2) is 0 Å². The highest BCUT2D eigenvalue weighted by atomic mass is 16.3. The number of aromatic nitrogens is 2. The highest BCUT2D eigenvalue weighted by Gasteiger charge is 2.17. The highest BCUT2D eigenvalue weighted by Crippen LogP contribution is 2.39. The largest absolute Gasteiger partial charge is 0.456 e. The zero-order valence-corrected chi connectivity index (χ0v) is 26.5. The molecule has 0 radical (unpaired) electrons. The summed E-state index contributed by atoms with van der Waals surface area (Å²) >= 11 is 0. The molecule has 0 aliphatic carbocycles. The third-order valence-electron chi connectivity index (χ3n) is 9.42. The van der Waals surface area contributed by atoms with Gasteiger partial charge in [0.05, 0.1) is 41.3 Å². The Morgan fingerprint density at radius 1 is 0.373 bits per heavy atom. The molecule has 51 heavy (non-hydrogen) atoms. The van der Waals surface area contributed by atoms with Gasteiger partial charge in [-0.25, -0.2) is 0 Å². The molecule has 0 amide bonds. The van der Waals surface area contributed by atoms with Crippen molar-refractivity contribution in [2.45, 2.75) is 0 Å².